The van der Waals surface area contributed by atoms with E-state index < -0.39 is 16.0 Å². The predicted octanol–water partition coefficient (Wildman–Crippen LogP) is 3.97. The van der Waals surface area contributed by atoms with E-state index in [1.807, 2.05) is 11.6 Å². The van der Waals surface area contributed by atoms with Gasteiger partial charge in [0.2, 0.25) is 10.0 Å². The summed E-state index contributed by atoms with van der Waals surface area (Å²) in [4.78, 5) is 11.9. The van der Waals surface area contributed by atoms with Crippen LogP contribution in [-0.2, 0) is 26.6 Å². The molecule has 8 heteroatoms. The standard InChI is InChI=1S/C20H25IN2O4S/c1-3-27-19(24)12-11-17-16-10-9-15(13-18(16)23(2)20(17)21)28(25,26)22-14-7-5-4-6-8-14/h9-14,22H,3-8H2,1-2H3/b12-11+. The molecule has 1 fully saturated rings. The highest BCUT2D eigenvalue weighted by molar-refractivity contribution is 14.1. The van der Waals surface area contributed by atoms with Gasteiger partial charge in [-0.1, -0.05) is 25.3 Å². The summed E-state index contributed by atoms with van der Waals surface area (Å²) in [7, 11) is -1.68. The zero-order chi connectivity index (χ0) is 20.3. The van der Waals surface area contributed by atoms with Gasteiger partial charge in [-0.15, -0.1) is 0 Å². The van der Waals surface area contributed by atoms with Crippen molar-refractivity contribution in [3.8, 4) is 0 Å². The Kier molecular flexibility index (Phi) is 6.82. The van der Waals surface area contributed by atoms with E-state index in [4.69, 9.17) is 4.74 Å². The van der Waals surface area contributed by atoms with E-state index in [1.54, 1.807) is 31.2 Å². The summed E-state index contributed by atoms with van der Waals surface area (Å²) >= 11 is 2.20. The highest BCUT2D eigenvalue weighted by atomic mass is 127. The highest BCUT2D eigenvalue weighted by Gasteiger charge is 2.23. The van der Waals surface area contributed by atoms with Crippen LogP contribution in [0.15, 0.2) is 29.2 Å². The summed E-state index contributed by atoms with van der Waals surface area (Å²) in [6.45, 7) is 2.09. The average Bonchev–Trinajstić information content (AvgIpc) is 2.91. The van der Waals surface area contributed by atoms with Crippen LogP contribution in [0.1, 0.15) is 44.6 Å². The van der Waals surface area contributed by atoms with Gasteiger partial charge in [-0.3, -0.25) is 0 Å². The van der Waals surface area contributed by atoms with E-state index in [0.717, 1.165) is 45.9 Å². The Bertz CT molecular complexity index is 1000. The first-order chi connectivity index (χ1) is 13.3. The first kappa shape index (κ1) is 21.3. The Morgan fingerprint density at radius 1 is 1.32 bits per heavy atom. The molecule has 152 valence electrons. The number of ether oxygens (including phenoxy) is 1. The number of sulfonamides is 1. The van der Waals surface area contributed by atoms with Crippen LogP contribution in [0.2, 0.25) is 0 Å². The molecular formula is C20H25IN2O4S. The maximum Gasteiger partial charge on any atom is 0.330 e. The molecule has 1 aliphatic rings. The maximum absolute atomic E-state index is 12.8. The number of rotatable bonds is 6. The molecule has 0 unspecified atom stereocenters. The molecule has 1 saturated carbocycles. The van der Waals surface area contributed by atoms with Crippen LogP contribution in [-0.4, -0.2) is 31.6 Å². The summed E-state index contributed by atoms with van der Waals surface area (Å²) in [5, 5.41) is 0.893. The Morgan fingerprint density at radius 2 is 2.04 bits per heavy atom. The first-order valence-corrected chi connectivity index (χ1v) is 12.0. The molecule has 1 aromatic heterocycles. The Hall–Kier alpha value is -1.39. The van der Waals surface area contributed by atoms with E-state index in [1.165, 1.54) is 12.5 Å². The smallest absolute Gasteiger partial charge is 0.330 e. The topological polar surface area (TPSA) is 77.4 Å². The van der Waals surface area contributed by atoms with Crippen molar-refractivity contribution in [1.82, 2.24) is 9.29 Å². The van der Waals surface area contributed by atoms with Gasteiger partial charge < -0.3 is 9.30 Å². The third kappa shape index (κ3) is 4.60. The zero-order valence-corrected chi connectivity index (χ0v) is 19.0. The third-order valence-corrected chi connectivity index (χ3v) is 7.87. The number of nitrogens with zero attached hydrogens (tertiary/aromatic N) is 1. The molecule has 3 rings (SSSR count). The van der Waals surface area contributed by atoms with Gasteiger partial charge >= 0.3 is 5.97 Å². The number of carbonyl (C=O) groups is 1. The molecule has 0 radical (unpaired) electrons. The zero-order valence-electron chi connectivity index (χ0n) is 16.1. The molecule has 0 spiro atoms. The number of benzene rings is 1. The van der Waals surface area contributed by atoms with Gasteiger partial charge in [0, 0.05) is 30.1 Å². The molecule has 1 N–H and O–H groups in total. The van der Waals surface area contributed by atoms with Gasteiger partial charge in [0.1, 0.15) is 0 Å². The summed E-state index contributed by atoms with van der Waals surface area (Å²) < 4.78 is 36.3. The molecule has 1 aromatic carbocycles. The minimum Gasteiger partial charge on any atom is -0.463 e. The normalized spacial score (nSPS) is 16.1. The number of hydrogen-bond acceptors (Lipinski definition) is 4. The lowest BCUT2D eigenvalue weighted by molar-refractivity contribution is -0.137. The monoisotopic (exact) mass is 516 g/mol. The Labute approximate surface area is 179 Å². The van der Waals surface area contributed by atoms with Crippen molar-refractivity contribution in [2.75, 3.05) is 6.61 Å². The molecular weight excluding hydrogens is 491 g/mol. The second kappa shape index (κ2) is 8.96. The van der Waals surface area contributed by atoms with Crippen molar-refractivity contribution < 1.29 is 17.9 Å². The molecule has 1 heterocycles. The van der Waals surface area contributed by atoms with Crippen LogP contribution >= 0.6 is 22.6 Å². The molecule has 0 saturated heterocycles. The average molecular weight is 516 g/mol. The number of aromatic nitrogens is 1. The molecule has 1 aliphatic carbocycles. The quantitative estimate of drug-likeness (QED) is 0.358. The minimum absolute atomic E-state index is 0.0195. The van der Waals surface area contributed by atoms with Crippen molar-refractivity contribution >= 4 is 55.6 Å². The third-order valence-electron chi connectivity index (χ3n) is 5.05. The summed E-state index contributed by atoms with van der Waals surface area (Å²) in [5.74, 6) is -0.397. The predicted molar refractivity (Wildman–Crippen MR) is 118 cm³/mol. The lowest BCUT2D eigenvalue weighted by Gasteiger charge is -2.22. The van der Waals surface area contributed by atoms with Crippen LogP contribution in [0.5, 0.6) is 0 Å². The number of hydrogen-bond donors (Lipinski definition) is 1. The maximum atomic E-state index is 12.8. The SMILES string of the molecule is CCOC(=O)/C=C/c1c(I)n(C)c2cc(S(=O)(=O)NC3CCCCC3)ccc12. The number of fused-ring (bicyclic) bond motifs is 1. The molecule has 0 amide bonds. The fraction of sp³-hybridized carbons (Fsp3) is 0.450. The lowest BCUT2D eigenvalue weighted by Crippen LogP contribution is -2.36. The number of nitrogens with one attached hydrogen (secondary N) is 1. The fourth-order valence-electron chi connectivity index (χ4n) is 3.59. The Balaban J connectivity index is 1.93. The number of carbonyl (C=O) groups excluding carboxylic acids is 1. The van der Waals surface area contributed by atoms with Crippen LogP contribution in [0.25, 0.3) is 17.0 Å². The molecule has 28 heavy (non-hydrogen) atoms. The van der Waals surface area contributed by atoms with Gasteiger partial charge in [-0.05, 0) is 60.6 Å². The Morgan fingerprint density at radius 3 is 2.71 bits per heavy atom. The second-order valence-electron chi connectivity index (χ2n) is 6.98. The number of esters is 1. The molecule has 6 nitrogen and oxygen atoms in total. The molecule has 2 aromatic rings. The first-order valence-electron chi connectivity index (χ1n) is 9.48. The second-order valence-corrected chi connectivity index (χ2v) is 9.72. The fourth-order valence-corrected chi connectivity index (χ4v) is 5.64. The van der Waals surface area contributed by atoms with E-state index >= 15 is 0 Å². The number of halogens is 1. The van der Waals surface area contributed by atoms with Crippen LogP contribution in [0, 0.1) is 3.70 Å². The molecule has 0 bridgehead atoms. The lowest BCUT2D eigenvalue weighted by atomic mass is 9.96. The van der Waals surface area contributed by atoms with E-state index in [-0.39, 0.29) is 10.9 Å². The van der Waals surface area contributed by atoms with Crippen molar-refractivity contribution in [3.05, 3.63) is 33.5 Å². The molecule has 0 atom stereocenters. The van der Waals surface area contributed by atoms with Gasteiger partial charge in [0.25, 0.3) is 0 Å². The minimum atomic E-state index is -3.56. The van der Waals surface area contributed by atoms with Gasteiger partial charge in [0.15, 0.2) is 0 Å². The van der Waals surface area contributed by atoms with Crippen molar-refractivity contribution in [2.24, 2.45) is 7.05 Å². The molecule has 0 aliphatic heterocycles. The summed E-state index contributed by atoms with van der Waals surface area (Å²) in [6.07, 6.45) is 8.22. The van der Waals surface area contributed by atoms with Gasteiger partial charge in [0.05, 0.1) is 20.7 Å². The van der Waals surface area contributed by atoms with E-state index in [0.29, 0.717) is 6.61 Å². The van der Waals surface area contributed by atoms with E-state index in [9.17, 15) is 13.2 Å². The van der Waals surface area contributed by atoms with E-state index in [2.05, 4.69) is 27.3 Å². The van der Waals surface area contributed by atoms with Crippen molar-refractivity contribution in [2.45, 2.75) is 50.0 Å². The summed E-state index contributed by atoms with van der Waals surface area (Å²) in [6, 6.07) is 5.15. The van der Waals surface area contributed by atoms with Crippen molar-refractivity contribution in [3.63, 3.8) is 0 Å². The van der Waals surface area contributed by atoms with Gasteiger partial charge in [-0.2, -0.15) is 0 Å². The van der Waals surface area contributed by atoms with Crippen LogP contribution in [0.4, 0.5) is 0 Å². The van der Waals surface area contributed by atoms with Crippen LogP contribution < -0.4 is 4.72 Å². The highest BCUT2D eigenvalue weighted by Crippen LogP contribution is 2.30. The van der Waals surface area contributed by atoms with Gasteiger partial charge in [-0.25, -0.2) is 17.9 Å². The number of aryl methyl sites for hydroxylation is 1. The largest absolute Gasteiger partial charge is 0.463 e. The van der Waals surface area contributed by atoms with Crippen molar-refractivity contribution in [1.29, 1.82) is 0 Å². The van der Waals surface area contributed by atoms with Crippen LogP contribution in [0.3, 0.4) is 0 Å². The summed E-state index contributed by atoms with van der Waals surface area (Å²) in [5.41, 5.74) is 1.68.